The molecule has 0 aromatic heterocycles. The Labute approximate surface area is 88.1 Å². The molecule has 0 aliphatic carbocycles. The molecule has 0 aliphatic heterocycles. The summed E-state index contributed by atoms with van der Waals surface area (Å²) in [5.74, 6) is 0.0704. The van der Waals surface area contributed by atoms with E-state index in [-0.39, 0.29) is 12.2 Å². The number of Topliss-reactive ketones (excluding diaryl/α,β-unsaturated/α-hetero) is 1. The van der Waals surface area contributed by atoms with Gasteiger partial charge in [-0.1, -0.05) is 29.8 Å². The number of benzene rings is 1. The fourth-order valence-electron chi connectivity index (χ4n) is 1.26. The number of hydrogen-bond acceptors (Lipinski definition) is 2. The molecule has 14 heavy (non-hydrogen) atoms. The normalized spacial score (nSPS) is 9.50. The first-order valence-electron chi connectivity index (χ1n) is 4.27. The van der Waals surface area contributed by atoms with E-state index in [1.54, 1.807) is 6.07 Å². The average Bonchev–Trinajstić information content (AvgIpc) is 2.11. The van der Waals surface area contributed by atoms with Crippen molar-refractivity contribution in [3.05, 3.63) is 34.3 Å². The van der Waals surface area contributed by atoms with Crippen LogP contribution in [0.25, 0.3) is 0 Å². The molecular weight excluding hydrogens is 198 g/mol. The van der Waals surface area contributed by atoms with Gasteiger partial charge in [0.15, 0.2) is 0 Å². The highest BCUT2D eigenvalue weighted by Crippen LogP contribution is 2.22. The van der Waals surface area contributed by atoms with E-state index in [9.17, 15) is 4.79 Å². The van der Waals surface area contributed by atoms with Crippen molar-refractivity contribution in [1.29, 1.82) is 5.26 Å². The van der Waals surface area contributed by atoms with Crippen LogP contribution in [0.3, 0.4) is 0 Å². The van der Waals surface area contributed by atoms with Gasteiger partial charge in [0.25, 0.3) is 0 Å². The number of ketones is 1. The zero-order valence-corrected chi connectivity index (χ0v) is 8.64. The van der Waals surface area contributed by atoms with E-state index in [0.717, 1.165) is 11.1 Å². The Morgan fingerprint density at radius 3 is 2.71 bits per heavy atom. The molecule has 1 aromatic rings. The largest absolute Gasteiger partial charge is 0.300 e. The predicted octanol–water partition coefficient (Wildman–Crippen LogP) is 2.54. The average molecular weight is 208 g/mol. The van der Waals surface area contributed by atoms with E-state index in [4.69, 9.17) is 16.9 Å². The summed E-state index contributed by atoms with van der Waals surface area (Å²) in [7, 11) is 0. The molecule has 0 heterocycles. The summed E-state index contributed by atoms with van der Waals surface area (Å²) in [5, 5.41) is 9.09. The first-order valence-corrected chi connectivity index (χ1v) is 4.65. The van der Waals surface area contributed by atoms with Crippen LogP contribution in [0.1, 0.15) is 18.1 Å². The molecule has 0 aliphatic rings. The zero-order chi connectivity index (χ0) is 10.6. The Morgan fingerprint density at radius 1 is 1.50 bits per heavy atom. The summed E-state index contributed by atoms with van der Waals surface area (Å²) in [6.07, 6.45) is 0.614. The Balaban J connectivity index is 3.02. The van der Waals surface area contributed by atoms with Crippen molar-refractivity contribution in [3.63, 3.8) is 0 Å². The summed E-state index contributed by atoms with van der Waals surface area (Å²) >= 11 is 6.03. The molecule has 0 saturated carbocycles. The van der Waals surface area contributed by atoms with Gasteiger partial charge in [0.2, 0.25) is 0 Å². The third kappa shape index (κ3) is 2.58. The second kappa shape index (κ2) is 4.78. The highest BCUT2D eigenvalue weighted by Gasteiger charge is 2.07. The van der Waals surface area contributed by atoms with Crippen LogP contribution < -0.4 is 0 Å². The van der Waals surface area contributed by atoms with E-state index in [0.29, 0.717) is 11.4 Å². The molecule has 0 saturated heterocycles. The molecule has 0 amide bonds. The van der Waals surface area contributed by atoms with E-state index in [2.05, 4.69) is 0 Å². The van der Waals surface area contributed by atoms with Crippen LogP contribution in [-0.2, 0) is 17.6 Å². The molecule has 3 heteroatoms. The maximum absolute atomic E-state index is 10.9. The lowest BCUT2D eigenvalue weighted by molar-refractivity contribution is -0.116. The molecule has 0 fully saturated rings. The highest BCUT2D eigenvalue weighted by atomic mass is 35.5. The minimum absolute atomic E-state index is 0.0704. The van der Waals surface area contributed by atoms with Gasteiger partial charge in [0.1, 0.15) is 5.78 Å². The van der Waals surface area contributed by atoms with Crippen molar-refractivity contribution >= 4 is 17.4 Å². The molecule has 0 N–H and O–H groups in total. The van der Waals surface area contributed by atoms with E-state index >= 15 is 0 Å². The molecule has 1 rings (SSSR count). The van der Waals surface area contributed by atoms with Gasteiger partial charge in [0.05, 0.1) is 12.5 Å². The Bertz CT molecular complexity index is 393. The number of carbonyl (C=O) groups excluding carboxylic acids is 1. The summed E-state index contributed by atoms with van der Waals surface area (Å²) in [6.45, 7) is 1.52. The standard InChI is InChI=1S/C11H10ClNO/c1-8(14)7-10-4-2-3-9(5-6-13)11(10)12/h2-4H,5,7H2,1H3. The Morgan fingerprint density at radius 2 is 2.14 bits per heavy atom. The van der Waals surface area contributed by atoms with Gasteiger partial charge in [0, 0.05) is 11.4 Å². The smallest absolute Gasteiger partial charge is 0.134 e. The summed E-state index contributed by atoms with van der Waals surface area (Å²) in [5.41, 5.74) is 1.58. The van der Waals surface area contributed by atoms with Crippen LogP contribution in [0.5, 0.6) is 0 Å². The van der Waals surface area contributed by atoms with Crippen molar-refractivity contribution in [3.8, 4) is 6.07 Å². The van der Waals surface area contributed by atoms with Gasteiger partial charge in [-0.3, -0.25) is 4.79 Å². The molecule has 0 atom stereocenters. The second-order valence-corrected chi connectivity index (χ2v) is 3.48. The van der Waals surface area contributed by atoms with Crippen molar-refractivity contribution in [1.82, 2.24) is 0 Å². The summed E-state index contributed by atoms with van der Waals surface area (Å²) < 4.78 is 0. The minimum Gasteiger partial charge on any atom is -0.300 e. The quantitative estimate of drug-likeness (QED) is 0.764. The van der Waals surface area contributed by atoms with Crippen LogP contribution in [0.2, 0.25) is 5.02 Å². The molecule has 0 radical (unpaired) electrons. The van der Waals surface area contributed by atoms with Crippen LogP contribution in [0.15, 0.2) is 18.2 Å². The predicted molar refractivity (Wildman–Crippen MR) is 55.2 cm³/mol. The molecule has 2 nitrogen and oxygen atoms in total. The monoisotopic (exact) mass is 207 g/mol. The molecule has 72 valence electrons. The molecule has 0 unspecified atom stereocenters. The Kier molecular flexibility index (Phi) is 3.67. The van der Waals surface area contributed by atoms with Gasteiger partial charge < -0.3 is 0 Å². The van der Waals surface area contributed by atoms with E-state index in [1.165, 1.54) is 6.92 Å². The number of halogens is 1. The lowest BCUT2D eigenvalue weighted by atomic mass is 10.0. The fourth-order valence-corrected chi connectivity index (χ4v) is 1.52. The van der Waals surface area contributed by atoms with Gasteiger partial charge in [-0.25, -0.2) is 0 Å². The summed E-state index contributed by atoms with van der Waals surface area (Å²) in [4.78, 5) is 10.9. The first kappa shape index (κ1) is 10.7. The van der Waals surface area contributed by atoms with Gasteiger partial charge in [-0.2, -0.15) is 5.26 Å². The topological polar surface area (TPSA) is 40.9 Å². The van der Waals surface area contributed by atoms with Crippen LogP contribution in [-0.4, -0.2) is 5.78 Å². The maximum atomic E-state index is 10.9. The second-order valence-electron chi connectivity index (χ2n) is 3.10. The van der Waals surface area contributed by atoms with Gasteiger partial charge in [-0.05, 0) is 18.1 Å². The third-order valence-corrected chi connectivity index (χ3v) is 2.35. The molecule has 0 bridgehead atoms. The molecular formula is C11H10ClNO. The highest BCUT2D eigenvalue weighted by molar-refractivity contribution is 6.32. The van der Waals surface area contributed by atoms with Crippen molar-refractivity contribution < 1.29 is 4.79 Å². The maximum Gasteiger partial charge on any atom is 0.134 e. The van der Waals surface area contributed by atoms with Crippen molar-refractivity contribution in [2.75, 3.05) is 0 Å². The number of nitrogens with zero attached hydrogens (tertiary/aromatic N) is 1. The van der Waals surface area contributed by atoms with Crippen molar-refractivity contribution in [2.45, 2.75) is 19.8 Å². The van der Waals surface area contributed by atoms with E-state index < -0.39 is 0 Å². The lowest BCUT2D eigenvalue weighted by Crippen LogP contribution is -1.98. The number of hydrogen-bond donors (Lipinski definition) is 0. The SMILES string of the molecule is CC(=O)Cc1cccc(CC#N)c1Cl. The molecule has 0 spiro atoms. The Hall–Kier alpha value is -1.33. The van der Waals surface area contributed by atoms with Gasteiger partial charge >= 0.3 is 0 Å². The van der Waals surface area contributed by atoms with Crippen LogP contribution in [0, 0.1) is 11.3 Å². The number of rotatable bonds is 3. The van der Waals surface area contributed by atoms with Gasteiger partial charge in [-0.15, -0.1) is 0 Å². The minimum atomic E-state index is 0.0704. The van der Waals surface area contributed by atoms with Crippen LogP contribution >= 0.6 is 11.6 Å². The number of nitriles is 1. The van der Waals surface area contributed by atoms with Crippen LogP contribution in [0.4, 0.5) is 0 Å². The molecule has 1 aromatic carbocycles. The first-order chi connectivity index (χ1) is 6.65. The summed E-state index contributed by atoms with van der Waals surface area (Å²) in [6, 6.07) is 7.46. The number of carbonyl (C=O) groups is 1. The third-order valence-electron chi connectivity index (χ3n) is 1.87. The van der Waals surface area contributed by atoms with Crippen molar-refractivity contribution in [2.24, 2.45) is 0 Å². The fraction of sp³-hybridized carbons (Fsp3) is 0.273. The zero-order valence-electron chi connectivity index (χ0n) is 7.88. The van der Waals surface area contributed by atoms with E-state index in [1.807, 2.05) is 18.2 Å². The lowest BCUT2D eigenvalue weighted by Gasteiger charge is -2.05.